The summed E-state index contributed by atoms with van der Waals surface area (Å²) in [6, 6.07) is 28.8. The maximum Gasteiger partial charge on any atom is 0.249 e. The first-order valence-corrected chi connectivity index (χ1v) is 12.3. The van der Waals surface area contributed by atoms with Gasteiger partial charge in [-0.05, 0) is 66.6 Å². The second kappa shape index (κ2) is 13.2. The van der Waals surface area contributed by atoms with Gasteiger partial charge in [0.05, 0.1) is 19.6 Å². The zero-order chi connectivity index (χ0) is 26.7. The van der Waals surface area contributed by atoms with Crippen LogP contribution in [-0.2, 0) is 27.4 Å². The van der Waals surface area contributed by atoms with Crippen LogP contribution in [-0.4, -0.2) is 24.5 Å². The van der Waals surface area contributed by atoms with Crippen LogP contribution in [0, 0.1) is 12.7 Å². The third kappa shape index (κ3) is 8.28. The number of nitrogens with one attached hydrogen (secondary N) is 2. The van der Waals surface area contributed by atoms with Crippen molar-refractivity contribution in [3.63, 3.8) is 0 Å². The van der Waals surface area contributed by atoms with Crippen LogP contribution in [0.4, 0.5) is 10.1 Å². The van der Waals surface area contributed by atoms with Crippen LogP contribution < -0.4 is 15.4 Å². The van der Waals surface area contributed by atoms with Crippen LogP contribution in [0.15, 0.2) is 103 Å². The third-order valence-electron chi connectivity index (χ3n) is 5.67. The van der Waals surface area contributed by atoms with Gasteiger partial charge in [0.1, 0.15) is 23.4 Å². The number of ether oxygens (including phenoxy) is 2. The van der Waals surface area contributed by atoms with Crippen LogP contribution in [0.25, 0.3) is 0 Å². The van der Waals surface area contributed by atoms with E-state index in [0.717, 1.165) is 16.7 Å². The average molecular weight is 513 g/mol. The quantitative estimate of drug-likeness (QED) is 0.266. The molecule has 7 heteroatoms. The summed E-state index contributed by atoms with van der Waals surface area (Å²) in [7, 11) is 0. The van der Waals surface area contributed by atoms with Crippen molar-refractivity contribution in [3.8, 4) is 11.5 Å². The highest BCUT2D eigenvalue weighted by atomic mass is 19.1. The van der Waals surface area contributed by atoms with Crippen molar-refractivity contribution >= 4 is 17.5 Å². The van der Waals surface area contributed by atoms with Crippen molar-refractivity contribution in [2.75, 3.05) is 11.9 Å². The molecule has 194 valence electrons. The van der Waals surface area contributed by atoms with Crippen LogP contribution in [0.1, 0.15) is 16.7 Å². The van der Waals surface area contributed by atoms with E-state index in [2.05, 4.69) is 10.6 Å². The highest BCUT2D eigenvalue weighted by Crippen LogP contribution is 2.23. The van der Waals surface area contributed by atoms with Crippen LogP contribution >= 0.6 is 0 Å². The second-order valence-electron chi connectivity index (χ2n) is 8.86. The second-order valence-corrected chi connectivity index (χ2v) is 8.86. The molecule has 0 radical (unpaired) electrons. The molecule has 4 aromatic rings. The summed E-state index contributed by atoms with van der Waals surface area (Å²) in [6.45, 7) is 2.28. The Morgan fingerprint density at radius 3 is 2.16 bits per heavy atom. The molecule has 0 aliphatic rings. The predicted molar refractivity (Wildman–Crippen MR) is 144 cm³/mol. The topological polar surface area (TPSA) is 76.7 Å². The molecular weight excluding hydrogens is 483 g/mol. The fourth-order valence-electron chi connectivity index (χ4n) is 3.78. The number of carbonyl (C=O) groups excluding carboxylic acids is 2. The lowest BCUT2D eigenvalue weighted by Gasteiger charge is -2.19. The van der Waals surface area contributed by atoms with E-state index in [9.17, 15) is 14.0 Å². The molecule has 4 rings (SSSR count). The summed E-state index contributed by atoms with van der Waals surface area (Å²) in [5.41, 5.74) is 3.42. The molecule has 0 spiro atoms. The van der Waals surface area contributed by atoms with Gasteiger partial charge < -0.3 is 20.1 Å². The molecule has 0 fully saturated rings. The Morgan fingerprint density at radius 2 is 1.47 bits per heavy atom. The fourth-order valence-corrected chi connectivity index (χ4v) is 3.78. The minimum Gasteiger partial charge on any atom is -0.457 e. The lowest BCUT2D eigenvalue weighted by Crippen LogP contribution is -2.47. The number of rotatable bonds is 11. The van der Waals surface area contributed by atoms with Gasteiger partial charge in [-0.3, -0.25) is 9.59 Å². The Balaban J connectivity index is 1.38. The maximum atomic E-state index is 13.1. The molecule has 0 saturated heterocycles. The lowest BCUT2D eigenvalue weighted by atomic mass is 10.1. The van der Waals surface area contributed by atoms with E-state index in [1.165, 1.54) is 24.3 Å². The number of aryl methyl sites for hydroxylation is 1. The molecular formula is C31H29FN2O4. The molecule has 2 amide bonds. The van der Waals surface area contributed by atoms with E-state index in [0.29, 0.717) is 23.8 Å². The van der Waals surface area contributed by atoms with Gasteiger partial charge in [0.15, 0.2) is 0 Å². The van der Waals surface area contributed by atoms with Crippen molar-refractivity contribution in [2.24, 2.45) is 0 Å². The molecule has 0 aliphatic heterocycles. The fraction of sp³-hybridized carbons (Fsp3) is 0.161. The zero-order valence-electron chi connectivity index (χ0n) is 21.0. The molecule has 38 heavy (non-hydrogen) atoms. The summed E-state index contributed by atoms with van der Waals surface area (Å²) in [5, 5.41) is 5.64. The number of amides is 2. The Hall–Kier alpha value is -4.49. The molecule has 6 nitrogen and oxygen atoms in total. The number of carbonyl (C=O) groups is 2. The first-order chi connectivity index (χ1) is 18.4. The molecule has 0 unspecified atom stereocenters. The van der Waals surface area contributed by atoms with E-state index in [4.69, 9.17) is 9.47 Å². The minimum absolute atomic E-state index is 0.00600. The molecule has 0 heterocycles. The smallest absolute Gasteiger partial charge is 0.249 e. The zero-order valence-corrected chi connectivity index (χ0v) is 21.0. The van der Waals surface area contributed by atoms with Crippen molar-refractivity contribution in [2.45, 2.75) is 26.0 Å². The van der Waals surface area contributed by atoms with Gasteiger partial charge in [-0.1, -0.05) is 60.2 Å². The Bertz CT molecular complexity index is 1340. The largest absolute Gasteiger partial charge is 0.457 e. The first kappa shape index (κ1) is 26.6. The summed E-state index contributed by atoms with van der Waals surface area (Å²) in [5.74, 6) is 0.00703. The highest BCUT2D eigenvalue weighted by molar-refractivity contribution is 5.97. The monoisotopic (exact) mass is 512 g/mol. The van der Waals surface area contributed by atoms with E-state index < -0.39 is 11.9 Å². The summed E-state index contributed by atoms with van der Waals surface area (Å²) in [4.78, 5) is 25.9. The summed E-state index contributed by atoms with van der Waals surface area (Å²) in [6.07, 6.45) is 0.152. The number of halogens is 1. The molecule has 0 aromatic heterocycles. The van der Waals surface area contributed by atoms with Gasteiger partial charge in [-0.25, -0.2) is 4.39 Å². The summed E-state index contributed by atoms with van der Waals surface area (Å²) >= 11 is 0. The SMILES string of the molecule is Cc1cccc(CC(=O)N[C@@H](COCc2ccccc2)C(=O)Nc2ccc(Oc3ccc(F)cc3)cc2)c1. The minimum atomic E-state index is -0.897. The Labute approximate surface area is 221 Å². The summed E-state index contributed by atoms with van der Waals surface area (Å²) < 4.78 is 24.6. The Kier molecular flexibility index (Phi) is 9.21. The number of hydrogen-bond acceptors (Lipinski definition) is 4. The van der Waals surface area contributed by atoms with Crippen LogP contribution in [0.5, 0.6) is 11.5 Å². The Morgan fingerprint density at radius 1 is 0.816 bits per heavy atom. The first-order valence-electron chi connectivity index (χ1n) is 12.3. The molecule has 0 bridgehead atoms. The lowest BCUT2D eigenvalue weighted by molar-refractivity contribution is -0.127. The van der Waals surface area contributed by atoms with Crippen molar-refractivity contribution in [1.82, 2.24) is 5.32 Å². The highest BCUT2D eigenvalue weighted by Gasteiger charge is 2.22. The molecule has 0 aliphatic carbocycles. The molecule has 0 saturated carbocycles. The molecule has 4 aromatic carbocycles. The van der Waals surface area contributed by atoms with E-state index in [-0.39, 0.29) is 24.8 Å². The maximum absolute atomic E-state index is 13.1. The van der Waals surface area contributed by atoms with Gasteiger partial charge in [0.25, 0.3) is 0 Å². The van der Waals surface area contributed by atoms with Crippen molar-refractivity contribution < 1.29 is 23.5 Å². The third-order valence-corrected chi connectivity index (χ3v) is 5.67. The molecule has 2 N–H and O–H groups in total. The number of hydrogen-bond donors (Lipinski definition) is 2. The number of anilines is 1. The van der Waals surface area contributed by atoms with Crippen molar-refractivity contribution in [3.05, 3.63) is 126 Å². The predicted octanol–water partition coefficient (Wildman–Crippen LogP) is 5.81. The van der Waals surface area contributed by atoms with Gasteiger partial charge in [-0.2, -0.15) is 0 Å². The van der Waals surface area contributed by atoms with Crippen molar-refractivity contribution in [1.29, 1.82) is 0 Å². The average Bonchev–Trinajstić information content (AvgIpc) is 2.91. The van der Waals surface area contributed by atoms with Crippen LogP contribution in [0.2, 0.25) is 0 Å². The standard InChI is InChI=1S/C31H29FN2O4/c1-22-6-5-9-24(18-22)19-30(35)34-29(21-37-20-23-7-3-2-4-8-23)31(36)33-26-12-16-28(17-13-26)38-27-14-10-25(32)11-15-27/h2-18,29H,19-21H2,1H3,(H,33,36)(H,34,35)/t29-/m0/s1. The van der Waals surface area contributed by atoms with Gasteiger partial charge in [0.2, 0.25) is 11.8 Å². The van der Waals surface area contributed by atoms with E-state index in [1.807, 2.05) is 61.5 Å². The van der Waals surface area contributed by atoms with Crippen LogP contribution in [0.3, 0.4) is 0 Å². The number of benzene rings is 4. The normalized spacial score (nSPS) is 11.4. The van der Waals surface area contributed by atoms with Gasteiger partial charge >= 0.3 is 0 Å². The molecule has 1 atom stereocenters. The van der Waals surface area contributed by atoms with E-state index in [1.54, 1.807) is 24.3 Å². The van der Waals surface area contributed by atoms with Gasteiger partial charge in [-0.15, -0.1) is 0 Å². The van der Waals surface area contributed by atoms with Gasteiger partial charge in [0, 0.05) is 5.69 Å². The van der Waals surface area contributed by atoms with E-state index >= 15 is 0 Å².